The van der Waals surface area contributed by atoms with Crippen molar-refractivity contribution in [2.75, 3.05) is 19.6 Å². The average Bonchev–Trinajstić information content (AvgIpc) is 2.92. The number of imidazole rings is 1. The highest BCUT2D eigenvalue weighted by atomic mass is 16.6. The van der Waals surface area contributed by atoms with Gasteiger partial charge in [-0.2, -0.15) is 0 Å². The van der Waals surface area contributed by atoms with Crippen molar-refractivity contribution in [3.05, 3.63) is 34.7 Å². The average molecular weight is 404 g/mol. The maximum atomic E-state index is 13.2. The zero-order chi connectivity index (χ0) is 21.2. The molecule has 2 amide bonds. The molecule has 2 heterocycles. The third kappa shape index (κ3) is 4.72. The van der Waals surface area contributed by atoms with Gasteiger partial charge in [-0.3, -0.25) is 9.13 Å². The second-order valence-corrected chi connectivity index (χ2v) is 8.22. The number of carboxylic acid groups (broad SMARTS) is 1. The number of likely N-dealkylation sites (tertiary alicyclic amines) is 1. The van der Waals surface area contributed by atoms with E-state index in [1.54, 1.807) is 29.9 Å². The monoisotopic (exact) mass is 404 g/mol. The van der Waals surface area contributed by atoms with E-state index in [0.717, 1.165) is 11.0 Å². The summed E-state index contributed by atoms with van der Waals surface area (Å²) >= 11 is 0. The van der Waals surface area contributed by atoms with Crippen LogP contribution in [0.3, 0.4) is 0 Å². The molecule has 0 bridgehead atoms. The first kappa shape index (κ1) is 20.8. The summed E-state index contributed by atoms with van der Waals surface area (Å²) in [7, 11) is 0. The Morgan fingerprint density at radius 1 is 1.17 bits per heavy atom. The number of nitrogens with one attached hydrogen (secondary N) is 1. The largest absolute Gasteiger partial charge is 0.465 e. The summed E-state index contributed by atoms with van der Waals surface area (Å²) in [6, 6.07) is 7.49. The summed E-state index contributed by atoms with van der Waals surface area (Å²) < 4.78 is 8.64. The summed E-state index contributed by atoms with van der Waals surface area (Å²) in [5, 5.41) is 11.8. The van der Waals surface area contributed by atoms with Crippen LogP contribution >= 0.6 is 0 Å². The van der Waals surface area contributed by atoms with Gasteiger partial charge in [-0.25, -0.2) is 14.4 Å². The molecule has 3 rings (SSSR count). The van der Waals surface area contributed by atoms with Crippen LogP contribution in [-0.4, -0.2) is 56.6 Å². The number of hydrogen-bond acceptors (Lipinski definition) is 4. The van der Waals surface area contributed by atoms with Gasteiger partial charge >= 0.3 is 17.9 Å². The summed E-state index contributed by atoms with van der Waals surface area (Å²) in [6.45, 7) is 6.78. The maximum Gasteiger partial charge on any atom is 0.407 e. The number of ether oxygens (including phenoxy) is 1. The van der Waals surface area contributed by atoms with Gasteiger partial charge in [0.05, 0.1) is 11.0 Å². The molecule has 1 aromatic carbocycles. The van der Waals surface area contributed by atoms with E-state index in [-0.39, 0.29) is 18.3 Å². The Labute approximate surface area is 168 Å². The Balaban J connectivity index is 1.78. The minimum absolute atomic E-state index is 0.0527. The number of aromatic nitrogens is 2. The molecule has 1 saturated heterocycles. The van der Waals surface area contributed by atoms with Crippen LogP contribution in [0.25, 0.3) is 11.0 Å². The van der Waals surface area contributed by atoms with Gasteiger partial charge in [0, 0.05) is 32.2 Å². The van der Waals surface area contributed by atoms with E-state index in [9.17, 15) is 14.4 Å². The second kappa shape index (κ2) is 8.18. The van der Waals surface area contributed by atoms with Crippen LogP contribution in [-0.2, 0) is 11.3 Å². The van der Waals surface area contributed by atoms with Crippen LogP contribution < -0.4 is 11.0 Å². The van der Waals surface area contributed by atoms with Gasteiger partial charge in [0.2, 0.25) is 0 Å². The van der Waals surface area contributed by atoms with Gasteiger partial charge in [-0.05, 0) is 45.7 Å². The second-order valence-electron chi connectivity index (χ2n) is 8.22. The quantitative estimate of drug-likeness (QED) is 0.815. The van der Waals surface area contributed by atoms with Crippen LogP contribution in [0.2, 0.25) is 0 Å². The lowest BCUT2D eigenvalue weighted by Crippen LogP contribution is -2.40. The number of nitrogens with zero attached hydrogens (tertiary/aromatic N) is 3. The fourth-order valence-corrected chi connectivity index (χ4v) is 3.70. The van der Waals surface area contributed by atoms with Crippen molar-refractivity contribution in [2.24, 2.45) is 0 Å². The predicted octanol–water partition coefficient (Wildman–Crippen LogP) is 2.64. The number of alkyl carbamates (subject to hydrolysis) is 1. The van der Waals surface area contributed by atoms with E-state index in [1.807, 2.05) is 24.3 Å². The molecule has 0 unspecified atom stereocenters. The molecular weight excluding hydrogens is 376 g/mol. The number of fused-ring (bicyclic) bond motifs is 1. The topological polar surface area (TPSA) is 106 Å². The van der Waals surface area contributed by atoms with Gasteiger partial charge in [0.1, 0.15) is 5.60 Å². The molecule has 158 valence electrons. The molecule has 9 nitrogen and oxygen atoms in total. The Hall–Kier alpha value is -2.97. The molecule has 0 spiro atoms. The lowest BCUT2D eigenvalue weighted by molar-refractivity contribution is 0.0526. The first-order valence-electron chi connectivity index (χ1n) is 9.82. The van der Waals surface area contributed by atoms with Crippen molar-refractivity contribution in [1.82, 2.24) is 19.4 Å². The lowest BCUT2D eigenvalue weighted by atomic mass is 10.1. The maximum absolute atomic E-state index is 13.2. The predicted molar refractivity (Wildman–Crippen MR) is 108 cm³/mol. The highest BCUT2D eigenvalue weighted by Gasteiger charge is 2.27. The molecule has 1 aromatic heterocycles. The fourth-order valence-electron chi connectivity index (χ4n) is 3.70. The summed E-state index contributed by atoms with van der Waals surface area (Å²) in [5.74, 6) is 0. The SMILES string of the molecule is CC(C)(C)OC(=O)NCCn1c(=O)n(C2CCN(C(=O)O)CC2)c2ccccc21. The lowest BCUT2D eigenvalue weighted by Gasteiger charge is -2.30. The molecule has 0 radical (unpaired) electrons. The van der Waals surface area contributed by atoms with Crippen molar-refractivity contribution < 1.29 is 19.4 Å². The Bertz CT molecular complexity index is 948. The number of amides is 2. The van der Waals surface area contributed by atoms with Crippen molar-refractivity contribution >= 4 is 23.2 Å². The van der Waals surface area contributed by atoms with Crippen molar-refractivity contribution in [1.29, 1.82) is 0 Å². The van der Waals surface area contributed by atoms with Crippen LogP contribution in [0.15, 0.2) is 29.1 Å². The molecular formula is C20H28N4O5. The molecule has 0 aliphatic carbocycles. The molecule has 9 heteroatoms. The van der Waals surface area contributed by atoms with Gasteiger partial charge in [-0.1, -0.05) is 12.1 Å². The molecule has 1 aliphatic heterocycles. The van der Waals surface area contributed by atoms with E-state index in [1.165, 1.54) is 4.90 Å². The Kier molecular flexibility index (Phi) is 5.86. The first-order valence-corrected chi connectivity index (χ1v) is 9.82. The Morgan fingerprint density at radius 2 is 1.79 bits per heavy atom. The fraction of sp³-hybridized carbons (Fsp3) is 0.550. The summed E-state index contributed by atoms with van der Waals surface area (Å²) in [4.78, 5) is 37.5. The van der Waals surface area contributed by atoms with E-state index < -0.39 is 17.8 Å². The third-order valence-corrected chi connectivity index (χ3v) is 4.97. The van der Waals surface area contributed by atoms with Crippen molar-refractivity contribution in [3.8, 4) is 0 Å². The van der Waals surface area contributed by atoms with Crippen LogP contribution in [0, 0.1) is 0 Å². The van der Waals surface area contributed by atoms with Crippen molar-refractivity contribution in [2.45, 2.75) is 51.8 Å². The van der Waals surface area contributed by atoms with Crippen LogP contribution in [0.4, 0.5) is 9.59 Å². The molecule has 1 aliphatic rings. The molecule has 2 N–H and O–H groups in total. The van der Waals surface area contributed by atoms with Gasteiger partial charge < -0.3 is 20.1 Å². The van der Waals surface area contributed by atoms with Crippen molar-refractivity contribution in [3.63, 3.8) is 0 Å². The summed E-state index contributed by atoms with van der Waals surface area (Å²) in [6.07, 6.45) is -0.256. The minimum Gasteiger partial charge on any atom is -0.465 e. The van der Waals surface area contributed by atoms with Crippen LogP contribution in [0.1, 0.15) is 39.7 Å². The molecule has 2 aromatic rings. The minimum atomic E-state index is -0.925. The molecule has 0 saturated carbocycles. The molecule has 0 atom stereocenters. The zero-order valence-corrected chi connectivity index (χ0v) is 17.1. The smallest absolute Gasteiger partial charge is 0.407 e. The molecule has 29 heavy (non-hydrogen) atoms. The van der Waals surface area contributed by atoms with Gasteiger partial charge in [0.15, 0.2) is 0 Å². The van der Waals surface area contributed by atoms with Crippen LogP contribution in [0.5, 0.6) is 0 Å². The number of carbonyl (C=O) groups excluding carboxylic acids is 1. The standard InChI is InChI=1S/C20H28N4O5/c1-20(2,3)29-17(25)21-10-13-23-15-6-4-5-7-16(15)24(18(23)26)14-8-11-22(12-9-14)19(27)28/h4-7,14H,8-13H2,1-3H3,(H,21,25)(H,27,28). The number of hydrogen-bond donors (Lipinski definition) is 2. The third-order valence-electron chi connectivity index (χ3n) is 4.97. The number of carbonyl (C=O) groups is 2. The highest BCUT2D eigenvalue weighted by Crippen LogP contribution is 2.25. The zero-order valence-electron chi connectivity index (χ0n) is 17.1. The van der Waals surface area contributed by atoms with E-state index in [2.05, 4.69) is 5.32 Å². The molecule has 1 fully saturated rings. The number of piperidine rings is 1. The van der Waals surface area contributed by atoms with Gasteiger partial charge in [-0.15, -0.1) is 0 Å². The Morgan fingerprint density at radius 3 is 2.38 bits per heavy atom. The number of rotatable bonds is 4. The van der Waals surface area contributed by atoms with E-state index in [0.29, 0.717) is 32.5 Å². The normalized spacial score (nSPS) is 15.5. The van der Waals surface area contributed by atoms with Gasteiger partial charge in [0.25, 0.3) is 0 Å². The van der Waals surface area contributed by atoms with E-state index in [4.69, 9.17) is 9.84 Å². The summed E-state index contributed by atoms with van der Waals surface area (Å²) in [5.41, 5.74) is 0.889. The number of benzene rings is 1. The highest BCUT2D eigenvalue weighted by molar-refractivity contribution is 5.76. The first-order chi connectivity index (χ1) is 13.7. The number of para-hydroxylation sites is 2. The van der Waals surface area contributed by atoms with E-state index >= 15 is 0 Å².